The molecule has 72 valence electrons. The zero-order valence-electron chi connectivity index (χ0n) is 6.85. The van der Waals surface area contributed by atoms with Crippen LogP contribution in [0.5, 0.6) is 0 Å². The van der Waals surface area contributed by atoms with Gasteiger partial charge in [-0.1, -0.05) is 53.5 Å². The summed E-state index contributed by atoms with van der Waals surface area (Å²) in [7, 11) is 0. The largest absolute Gasteiger partial charge is 0.209 e. The van der Waals surface area contributed by atoms with Crippen LogP contribution in [-0.4, -0.2) is 15.7 Å². The van der Waals surface area contributed by atoms with E-state index < -0.39 is 0 Å². The molecule has 1 aromatic rings. The number of thioether (sulfide) groups is 1. The van der Waals surface area contributed by atoms with Crippen molar-refractivity contribution in [1.29, 1.82) is 0 Å². The lowest BCUT2D eigenvalue weighted by Gasteiger charge is -2.01. The molecule has 0 aromatic carbocycles. The van der Waals surface area contributed by atoms with Crippen LogP contribution in [-0.2, 0) is 0 Å². The Labute approximate surface area is 96.0 Å². The second-order valence-electron chi connectivity index (χ2n) is 2.25. The Morgan fingerprint density at radius 2 is 1.69 bits per heavy atom. The number of hydrogen-bond acceptors (Lipinski definition) is 3. The number of rotatable bonds is 3. The number of hydrogen-bond donors (Lipinski definition) is 0. The van der Waals surface area contributed by atoms with E-state index in [1.165, 1.54) is 11.8 Å². The van der Waals surface area contributed by atoms with E-state index in [0.29, 0.717) is 5.16 Å². The average molecular weight is 258 g/mol. The number of nitrogens with zero attached hydrogens (tertiary/aromatic N) is 2. The summed E-state index contributed by atoms with van der Waals surface area (Å²) in [6.07, 6.45) is 1.05. The lowest BCUT2D eigenvalue weighted by atomic mass is 10.6. The number of aromatic nitrogens is 2. The van der Waals surface area contributed by atoms with Crippen molar-refractivity contribution in [3.8, 4) is 0 Å². The van der Waals surface area contributed by atoms with E-state index in [1.807, 2.05) is 0 Å². The van der Waals surface area contributed by atoms with E-state index >= 15 is 0 Å². The van der Waals surface area contributed by atoms with E-state index in [0.717, 1.165) is 12.2 Å². The van der Waals surface area contributed by atoms with E-state index in [4.69, 9.17) is 34.8 Å². The highest BCUT2D eigenvalue weighted by molar-refractivity contribution is 7.99. The molecule has 0 radical (unpaired) electrons. The van der Waals surface area contributed by atoms with Crippen LogP contribution < -0.4 is 0 Å². The minimum Gasteiger partial charge on any atom is -0.209 e. The van der Waals surface area contributed by atoms with Crippen molar-refractivity contribution in [2.45, 2.75) is 18.5 Å². The van der Waals surface area contributed by atoms with Crippen LogP contribution in [0.25, 0.3) is 0 Å². The third-order valence-electron chi connectivity index (χ3n) is 1.19. The van der Waals surface area contributed by atoms with E-state index in [9.17, 15) is 0 Å². The lowest BCUT2D eigenvalue weighted by Crippen LogP contribution is -1.90. The standard InChI is InChI=1S/C7H7Cl3N2S/c1-2-3-13-7-11-5(9)4(8)6(10)12-7/h2-3H2,1H3. The average Bonchev–Trinajstić information content (AvgIpc) is 2.10. The quantitative estimate of drug-likeness (QED) is 0.466. The van der Waals surface area contributed by atoms with Crippen molar-refractivity contribution in [2.75, 3.05) is 5.75 Å². The molecule has 0 N–H and O–H groups in total. The van der Waals surface area contributed by atoms with Gasteiger partial charge < -0.3 is 0 Å². The fraction of sp³-hybridized carbons (Fsp3) is 0.429. The van der Waals surface area contributed by atoms with Gasteiger partial charge in [0.25, 0.3) is 0 Å². The van der Waals surface area contributed by atoms with Gasteiger partial charge in [0, 0.05) is 5.75 Å². The molecule has 0 saturated heterocycles. The Morgan fingerprint density at radius 3 is 2.15 bits per heavy atom. The van der Waals surface area contributed by atoms with Gasteiger partial charge in [0.2, 0.25) is 0 Å². The van der Waals surface area contributed by atoms with Crippen molar-refractivity contribution in [2.24, 2.45) is 0 Å². The van der Waals surface area contributed by atoms with Gasteiger partial charge in [0.15, 0.2) is 15.5 Å². The molecule has 0 atom stereocenters. The maximum absolute atomic E-state index is 5.72. The fourth-order valence-electron chi connectivity index (χ4n) is 0.634. The topological polar surface area (TPSA) is 25.8 Å². The summed E-state index contributed by atoms with van der Waals surface area (Å²) in [5.74, 6) is 0.939. The van der Waals surface area contributed by atoms with Gasteiger partial charge in [0.1, 0.15) is 5.02 Å². The minimum absolute atomic E-state index is 0.209. The van der Waals surface area contributed by atoms with Gasteiger partial charge in [0.05, 0.1) is 0 Å². The van der Waals surface area contributed by atoms with Crippen LogP contribution in [0, 0.1) is 0 Å². The third kappa shape index (κ3) is 3.17. The summed E-state index contributed by atoms with van der Waals surface area (Å²) in [4.78, 5) is 7.94. The van der Waals surface area contributed by atoms with Crippen LogP contribution >= 0.6 is 46.6 Å². The molecule has 0 unspecified atom stereocenters. The highest BCUT2D eigenvalue weighted by Gasteiger charge is 2.08. The monoisotopic (exact) mass is 256 g/mol. The van der Waals surface area contributed by atoms with Crippen molar-refractivity contribution in [1.82, 2.24) is 9.97 Å². The maximum atomic E-state index is 5.72. The van der Waals surface area contributed by atoms with Crippen LogP contribution in [0.15, 0.2) is 5.16 Å². The van der Waals surface area contributed by atoms with Crippen molar-refractivity contribution in [3.63, 3.8) is 0 Å². The Kier molecular flexibility index (Phi) is 4.59. The maximum Gasteiger partial charge on any atom is 0.190 e. The summed E-state index contributed by atoms with van der Waals surface area (Å²) in [6, 6.07) is 0. The van der Waals surface area contributed by atoms with Gasteiger partial charge in [-0.15, -0.1) is 0 Å². The molecule has 6 heteroatoms. The molecule has 0 aliphatic rings. The third-order valence-corrected chi connectivity index (χ3v) is 3.34. The van der Waals surface area contributed by atoms with Crippen molar-refractivity contribution in [3.05, 3.63) is 15.3 Å². The van der Waals surface area contributed by atoms with E-state index in [1.54, 1.807) is 0 Å². The smallest absolute Gasteiger partial charge is 0.190 e. The van der Waals surface area contributed by atoms with Gasteiger partial charge in [-0.2, -0.15) is 0 Å². The van der Waals surface area contributed by atoms with Gasteiger partial charge in [-0.3, -0.25) is 0 Å². The first-order valence-electron chi connectivity index (χ1n) is 3.66. The first-order valence-corrected chi connectivity index (χ1v) is 5.78. The van der Waals surface area contributed by atoms with Crippen LogP contribution in [0.2, 0.25) is 15.3 Å². The zero-order valence-corrected chi connectivity index (χ0v) is 9.94. The van der Waals surface area contributed by atoms with Crippen molar-refractivity contribution < 1.29 is 0 Å². The van der Waals surface area contributed by atoms with Crippen LogP contribution in [0.3, 0.4) is 0 Å². The van der Waals surface area contributed by atoms with E-state index in [2.05, 4.69) is 16.9 Å². The summed E-state index contributed by atoms with van der Waals surface area (Å²) in [6.45, 7) is 2.08. The summed E-state index contributed by atoms with van der Waals surface area (Å²) in [5.41, 5.74) is 0. The molecule has 0 aliphatic heterocycles. The Hall–Kier alpha value is 0.300. The first-order chi connectivity index (χ1) is 6.15. The van der Waals surface area contributed by atoms with Gasteiger partial charge >= 0.3 is 0 Å². The molecule has 1 rings (SSSR count). The lowest BCUT2D eigenvalue weighted by molar-refractivity contribution is 0.962. The second-order valence-corrected chi connectivity index (χ2v) is 4.41. The molecule has 2 nitrogen and oxygen atoms in total. The summed E-state index contributed by atoms with van der Waals surface area (Å²) >= 11 is 18.6. The summed E-state index contributed by atoms with van der Waals surface area (Å²) in [5, 5.41) is 1.20. The predicted octanol–water partition coefficient (Wildman–Crippen LogP) is 3.94. The molecule has 0 spiro atoms. The highest BCUT2D eigenvalue weighted by atomic mass is 35.5. The Bertz CT molecular complexity index is 283. The SMILES string of the molecule is CCCSc1nc(Cl)c(Cl)c(Cl)n1. The molecule has 13 heavy (non-hydrogen) atoms. The molecular weight excluding hydrogens is 251 g/mol. The first kappa shape index (κ1) is 11.4. The molecule has 0 amide bonds. The Balaban J connectivity index is 2.86. The second kappa shape index (κ2) is 5.25. The molecule has 0 aliphatic carbocycles. The molecule has 0 saturated carbocycles. The highest BCUT2D eigenvalue weighted by Crippen LogP contribution is 2.29. The molecule has 1 aromatic heterocycles. The fourth-order valence-corrected chi connectivity index (χ4v) is 1.90. The van der Waals surface area contributed by atoms with Gasteiger partial charge in [-0.05, 0) is 6.42 Å². The predicted molar refractivity (Wildman–Crippen MR) is 58.1 cm³/mol. The zero-order chi connectivity index (χ0) is 9.84. The molecule has 1 heterocycles. The van der Waals surface area contributed by atoms with Gasteiger partial charge in [-0.25, -0.2) is 9.97 Å². The molecular formula is C7H7Cl3N2S. The van der Waals surface area contributed by atoms with Crippen molar-refractivity contribution >= 4 is 46.6 Å². The molecule has 0 fully saturated rings. The normalized spacial score (nSPS) is 10.5. The van der Waals surface area contributed by atoms with Crippen LogP contribution in [0.1, 0.15) is 13.3 Å². The number of halogens is 3. The summed E-state index contributed by atoms with van der Waals surface area (Å²) < 4.78 is 0. The Morgan fingerprint density at radius 1 is 1.15 bits per heavy atom. The van der Waals surface area contributed by atoms with E-state index in [-0.39, 0.29) is 15.3 Å². The minimum atomic E-state index is 0.209. The van der Waals surface area contributed by atoms with Crippen LogP contribution in [0.4, 0.5) is 0 Å². The molecule has 0 bridgehead atoms.